The molecule has 1 fully saturated rings. The minimum absolute atomic E-state index is 0.242. The summed E-state index contributed by atoms with van der Waals surface area (Å²) in [6.07, 6.45) is 4.55. The van der Waals surface area contributed by atoms with Gasteiger partial charge in [0.2, 0.25) is 0 Å². The fraction of sp³-hybridized carbons (Fsp3) is 0.778. The molecule has 2 unspecified atom stereocenters. The molecular formula is C9H15N3OS. The lowest BCUT2D eigenvalue weighted by molar-refractivity contribution is 0.144. The molecule has 0 spiro atoms. The van der Waals surface area contributed by atoms with E-state index in [0.717, 1.165) is 31.5 Å². The van der Waals surface area contributed by atoms with Crippen molar-refractivity contribution in [3.8, 4) is 5.19 Å². The summed E-state index contributed by atoms with van der Waals surface area (Å²) in [6.45, 7) is 1.87. The largest absolute Gasteiger partial charge is 0.466 e. The van der Waals surface area contributed by atoms with E-state index >= 15 is 0 Å². The summed E-state index contributed by atoms with van der Waals surface area (Å²) in [5, 5.41) is 0.682. The van der Waals surface area contributed by atoms with Crippen LogP contribution in [0.5, 0.6) is 5.19 Å². The molecule has 0 amide bonds. The number of hydrogen-bond donors (Lipinski definition) is 1. The quantitative estimate of drug-likeness (QED) is 0.808. The smallest absolute Gasteiger partial charge is 0.293 e. The minimum Gasteiger partial charge on any atom is -0.466 e. The Kier molecular flexibility index (Phi) is 2.98. The minimum atomic E-state index is 0.242. The van der Waals surface area contributed by atoms with E-state index < -0.39 is 0 Å². The molecule has 2 N–H and O–H groups in total. The molecule has 5 heteroatoms. The topological polar surface area (TPSA) is 61.0 Å². The highest BCUT2D eigenvalue weighted by Gasteiger charge is 2.21. The highest BCUT2D eigenvalue weighted by molar-refractivity contribution is 7.07. The summed E-state index contributed by atoms with van der Waals surface area (Å²) >= 11 is 1.32. The standard InChI is InChI=1S/C9H15N3OS/c1-6-11-9(14-12-6)13-8-4-2-3-7(10)5-8/h7-8H,2-5,10H2,1H3. The maximum Gasteiger partial charge on any atom is 0.293 e. The van der Waals surface area contributed by atoms with Gasteiger partial charge in [-0.1, -0.05) is 0 Å². The van der Waals surface area contributed by atoms with E-state index in [9.17, 15) is 0 Å². The van der Waals surface area contributed by atoms with Crippen molar-refractivity contribution in [2.75, 3.05) is 0 Å². The van der Waals surface area contributed by atoms with E-state index in [-0.39, 0.29) is 6.10 Å². The van der Waals surface area contributed by atoms with Gasteiger partial charge in [0, 0.05) is 17.6 Å². The molecule has 1 aromatic heterocycles. The zero-order chi connectivity index (χ0) is 9.97. The van der Waals surface area contributed by atoms with Crippen LogP contribution in [0.1, 0.15) is 31.5 Å². The fourth-order valence-corrected chi connectivity index (χ4v) is 2.36. The highest BCUT2D eigenvalue weighted by Crippen LogP contribution is 2.23. The average Bonchev–Trinajstić information content (AvgIpc) is 2.51. The summed E-state index contributed by atoms with van der Waals surface area (Å²) < 4.78 is 9.79. The van der Waals surface area contributed by atoms with Crippen LogP contribution in [-0.4, -0.2) is 21.5 Å². The molecule has 1 aliphatic rings. The van der Waals surface area contributed by atoms with Crippen LogP contribution in [0.3, 0.4) is 0 Å². The Balaban J connectivity index is 1.90. The summed E-state index contributed by atoms with van der Waals surface area (Å²) in [6, 6.07) is 0.294. The van der Waals surface area contributed by atoms with Gasteiger partial charge < -0.3 is 10.5 Å². The van der Waals surface area contributed by atoms with E-state index in [1.807, 2.05) is 6.92 Å². The number of hydrogen-bond acceptors (Lipinski definition) is 5. The molecule has 0 radical (unpaired) electrons. The molecule has 78 valence electrons. The Hall–Kier alpha value is -0.680. The average molecular weight is 213 g/mol. The van der Waals surface area contributed by atoms with Crippen molar-refractivity contribution in [1.82, 2.24) is 9.36 Å². The second kappa shape index (κ2) is 4.23. The first-order chi connectivity index (χ1) is 6.74. The third kappa shape index (κ3) is 2.42. The summed E-state index contributed by atoms with van der Waals surface area (Å²) in [5.74, 6) is 0.783. The third-order valence-electron chi connectivity index (χ3n) is 2.44. The van der Waals surface area contributed by atoms with Crippen molar-refractivity contribution in [2.24, 2.45) is 5.73 Å². The molecule has 2 atom stereocenters. The lowest BCUT2D eigenvalue weighted by Crippen LogP contribution is -2.33. The number of rotatable bonds is 2. The van der Waals surface area contributed by atoms with E-state index in [2.05, 4.69) is 9.36 Å². The van der Waals surface area contributed by atoms with E-state index in [0.29, 0.717) is 11.2 Å². The number of nitrogens with zero attached hydrogens (tertiary/aromatic N) is 2. The number of aromatic nitrogens is 2. The monoisotopic (exact) mass is 213 g/mol. The second-order valence-corrected chi connectivity index (χ2v) is 4.49. The summed E-state index contributed by atoms with van der Waals surface area (Å²) in [5.41, 5.74) is 5.87. The van der Waals surface area contributed by atoms with Crippen LogP contribution in [0.2, 0.25) is 0 Å². The SMILES string of the molecule is Cc1nsc(OC2CCCC(N)C2)n1. The number of aryl methyl sites for hydroxylation is 1. The van der Waals surface area contributed by atoms with Gasteiger partial charge in [-0.15, -0.1) is 0 Å². The van der Waals surface area contributed by atoms with Gasteiger partial charge in [0.15, 0.2) is 0 Å². The lowest BCUT2D eigenvalue weighted by atomic mass is 9.94. The maximum atomic E-state index is 5.87. The first-order valence-corrected chi connectivity index (χ1v) is 5.74. The molecule has 1 aromatic rings. The van der Waals surface area contributed by atoms with Crippen LogP contribution in [0.25, 0.3) is 0 Å². The van der Waals surface area contributed by atoms with Crippen LogP contribution in [0.4, 0.5) is 0 Å². The maximum absolute atomic E-state index is 5.87. The van der Waals surface area contributed by atoms with Crippen molar-refractivity contribution >= 4 is 11.5 Å². The van der Waals surface area contributed by atoms with Crippen LogP contribution < -0.4 is 10.5 Å². The van der Waals surface area contributed by atoms with Gasteiger partial charge in [-0.25, -0.2) is 0 Å². The van der Waals surface area contributed by atoms with Gasteiger partial charge >= 0.3 is 0 Å². The van der Waals surface area contributed by atoms with Crippen molar-refractivity contribution in [1.29, 1.82) is 0 Å². The Labute approximate surface area is 87.7 Å². The van der Waals surface area contributed by atoms with Gasteiger partial charge in [-0.05, 0) is 32.6 Å². The van der Waals surface area contributed by atoms with Gasteiger partial charge in [-0.2, -0.15) is 9.36 Å². The summed E-state index contributed by atoms with van der Waals surface area (Å²) in [4.78, 5) is 4.17. The second-order valence-electron chi connectivity index (χ2n) is 3.77. The third-order valence-corrected chi connectivity index (χ3v) is 3.14. The summed E-state index contributed by atoms with van der Waals surface area (Å²) in [7, 11) is 0. The molecule has 1 saturated carbocycles. The Morgan fingerprint density at radius 2 is 2.36 bits per heavy atom. The molecule has 0 bridgehead atoms. The van der Waals surface area contributed by atoms with Crippen LogP contribution in [-0.2, 0) is 0 Å². The molecule has 0 aromatic carbocycles. The van der Waals surface area contributed by atoms with E-state index in [4.69, 9.17) is 10.5 Å². The number of nitrogens with two attached hydrogens (primary N) is 1. The lowest BCUT2D eigenvalue weighted by Gasteiger charge is -2.25. The first-order valence-electron chi connectivity index (χ1n) is 4.96. The van der Waals surface area contributed by atoms with E-state index in [1.54, 1.807) is 0 Å². The first kappa shape index (κ1) is 9.86. The highest BCUT2D eigenvalue weighted by atomic mass is 32.1. The van der Waals surface area contributed by atoms with Crippen molar-refractivity contribution in [2.45, 2.75) is 44.8 Å². The molecule has 14 heavy (non-hydrogen) atoms. The predicted molar refractivity (Wildman–Crippen MR) is 55.5 cm³/mol. The van der Waals surface area contributed by atoms with Crippen LogP contribution in [0.15, 0.2) is 0 Å². The van der Waals surface area contributed by atoms with Crippen molar-refractivity contribution < 1.29 is 4.74 Å². The molecule has 0 saturated heterocycles. The van der Waals surface area contributed by atoms with Gasteiger partial charge in [0.1, 0.15) is 11.9 Å². The molecular weight excluding hydrogens is 198 g/mol. The fourth-order valence-electron chi connectivity index (χ4n) is 1.76. The molecule has 1 heterocycles. The van der Waals surface area contributed by atoms with Gasteiger partial charge in [0.05, 0.1) is 0 Å². The molecule has 1 aliphatic carbocycles. The van der Waals surface area contributed by atoms with Crippen molar-refractivity contribution in [3.63, 3.8) is 0 Å². The zero-order valence-electron chi connectivity index (χ0n) is 8.27. The Morgan fingerprint density at radius 1 is 1.50 bits per heavy atom. The Morgan fingerprint density at radius 3 is 3.00 bits per heavy atom. The molecule has 0 aliphatic heterocycles. The van der Waals surface area contributed by atoms with E-state index in [1.165, 1.54) is 11.5 Å². The van der Waals surface area contributed by atoms with Crippen LogP contribution >= 0.6 is 11.5 Å². The predicted octanol–water partition coefficient (Wildman–Crippen LogP) is 1.50. The molecule has 4 nitrogen and oxygen atoms in total. The van der Waals surface area contributed by atoms with Gasteiger partial charge in [0.25, 0.3) is 5.19 Å². The molecule has 2 rings (SSSR count). The normalized spacial score (nSPS) is 27.6. The van der Waals surface area contributed by atoms with Crippen molar-refractivity contribution in [3.05, 3.63) is 5.82 Å². The van der Waals surface area contributed by atoms with Crippen LogP contribution in [0, 0.1) is 6.92 Å². The Bertz CT molecular complexity index is 302. The van der Waals surface area contributed by atoms with Gasteiger partial charge in [-0.3, -0.25) is 0 Å². The number of ether oxygens (including phenoxy) is 1. The zero-order valence-corrected chi connectivity index (χ0v) is 9.09.